The first-order chi connectivity index (χ1) is 18.0. The highest BCUT2D eigenvalue weighted by atomic mass is 35.5. The Morgan fingerprint density at radius 1 is 1.21 bits per heavy atom. The number of fused-ring (bicyclic) bond motifs is 3. The molecule has 1 amide bonds. The van der Waals surface area contributed by atoms with E-state index in [1.165, 1.54) is 12.1 Å². The van der Waals surface area contributed by atoms with Crippen LogP contribution in [0.5, 0.6) is 5.75 Å². The van der Waals surface area contributed by atoms with Gasteiger partial charge in [-0.2, -0.15) is 0 Å². The summed E-state index contributed by atoms with van der Waals surface area (Å²) in [5.41, 5.74) is 3.09. The molecule has 0 bridgehead atoms. The van der Waals surface area contributed by atoms with Gasteiger partial charge in [-0.1, -0.05) is 25.4 Å². The summed E-state index contributed by atoms with van der Waals surface area (Å²) in [7, 11) is -3.50. The van der Waals surface area contributed by atoms with Gasteiger partial charge in [0.25, 0.3) is 5.91 Å². The third kappa shape index (κ3) is 5.39. The first-order valence-corrected chi connectivity index (χ1v) is 15.7. The van der Waals surface area contributed by atoms with Crippen molar-refractivity contribution in [2.24, 2.45) is 0 Å². The van der Waals surface area contributed by atoms with Crippen LogP contribution < -0.4 is 9.46 Å². The zero-order valence-electron chi connectivity index (χ0n) is 21.8. The highest BCUT2D eigenvalue weighted by Gasteiger charge is 2.39. The molecule has 0 saturated heterocycles. The van der Waals surface area contributed by atoms with Gasteiger partial charge >= 0.3 is 0 Å². The van der Waals surface area contributed by atoms with Crippen molar-refractivity contribution >= 4 is 44.7 Å². The van der Waals surface area contributed by atoms with Crippen molar-refractivity contribution in [3.8, 4) is 5.75 Å². The fourth-order valence-electron chi connectivity index (χ4n) is 5.02. The number of aromatic nitrogens is 4. The van der Waals surface area contributed by atoms with E-state index in [-0.39, 0.29) is 41.2 Å². The number of amides is 1. The monoisotopic (exact) mass is 578 g/mol. The first-order valence-electron chi connectivity index (χ1n) is 12.6. The summed E-state index contributed by atoms with van der Waals surface area (Å²) in [5, 5.41) is 1.01. The standard InChI is InChI=1S/C25H31ClN6O4S2/c1-14(2)25-27-15(3)23(37-25)22-21-16(28-19-7-5-6-11-31(19)21)10-12-32(22)20(33)13-36-17-8-9-18(29-24(17)26)30-38(4,34)35/h8-9,14,22H,5-7,10-13H2,1-4H3,(H,29,30). The van der Waals surface area contributed by atoms with E-state index in [1.807, 2.05) is 11.8 Å². The van der Waals surface area contributed by atoms with Gasteiger partial charge in [0.2, 0.25) is 10.0 Å². The minimum Gasteiger partial charge on any atom is -0.481 e. The Kier molecular flexibility index (Phi) is 7.40. The van der Waals surface area contributed by atoms with Crippen LogP contribution in [0.1, 0.15) is 71.4 Å². The molecular weight excluding hydrogens is 548 g/mol. The van der Waals surface area contributed by atoms with Crippen LogP contribution in [0.3, 0.4) is 0 Å². The molecule has 1 N–H and O–H groups in total. The lowest BCUT2D eigenvalue weighted by Gasteiger charge is -2.36. The molecule has 0 spiro atoms. The van der Waals surface area contributed by atoms with Crippen LogP contribution in [0.15, 0.2) is 12.1 Å². The molecule has 0 aliphatic carbocycles. The maximum Gasteiger partial charge on any atom is 0.261 e. The molecule has 0 saturated carbocycles. The predicted octanol–water partition coefficient (Wildman–Crippen LogP) is 4.08. The van der Waals surface area contributed by atoms with Gasteiger partial charge in [0.05, 0.1) is 33.2 Å². The molecule has 0 radical (unpaired) electrons. The number of ether oxygens (including phenoxy) is 1. The number of aryl methyl sites for hydroxylation is 2. The number of hydrogen-bond acceptors (Lipinski definition) is 8. The Labute approximate surface area is 231 Å². The minimum absolute atomic E-state index is 0.0336. The van der Waals surface area contributed by atoms with Crippen molar-refractivity contribution in [3.63, 3.8) is 0 Å². The van der Waals surface area contributed by atoms with Crippen LogP contribution in [0.25, 0.3) is 0 Å². The summed E-state index contributed by atoms with van der Waals surface area (Å²) in [4.78, 5) is 30.4. The summed E-state index contributed by atoms with van der Waals surface area (Å²) in [6.07, 6.45) is 4.88. The molecule has 10 nitrogen and oxygen atoms in total. The normalized spacial score (nSPS) is 17.3. The number of nitrogens with one attached hydrogen (secondary N) is 1. The van der Waals surface area contributed by atoms with Crippen LogP contribution >= 0.6 is 22.9 Å². The lowest BCUT2D eigenvalue weighted by molar-refractivity contribution is -0.135. The minimum atomic E-state index is -3.50. The van der Waals surface area contributed by atoms with E-state index >= 15 is 0 Å². The predicted molar refractivity (Wildman–Crippen MR) is 147 cm³/mol. The number of thiazole rings is 1. The van der Waals surface area contributed by atoms with Crippen molar-refractivity contribution in [1.82, 2.24) is 24.4 Å². The Bertz CT molecular complexity index is 1480. The number of pyridine rings is 1. The topological polar surface area (TPSA) is 119 Å². The van der Waals surface area contributed by atoms with Crippen LogP contribution in [0.4, 0.5) is 5.82 Å². The molecule has 3 aromatic heterocycles. The molecule has 1 atom stereocenters. The first kappa shape index (κ1) is 26.9. The van der Waals surface area contributed by atoms with Crippen LogP contribution in [-0.2, 0) is 34.2 Å². The second-order valence-electron chi connectivity index (χ2n) is 10.0. The van der Waals surface area contributed by atoms with Gasteiger partial charge in [0, 0.05) is 31.8 Å². The van der Waals surface area contributed by atoms with E-state index in [1.54, 1.807) is 11.3 Å². The molecule has 3 aromatic rings. The van der Waals surface area contributed by atoms with Crippen LogP contribution in [0.2, 0.25) is 5.15 Å². The van der Waals surface area contributed by atoms with Gasteiger partial charge in [0.1, 0.15) is 17.7 Å². The maximum atomic E-state index is 13.7. The Morgan fingerprint density at radius 2 is 2.00 bits per heavy atom. The van der Waals surface area contributed by atoms with E-state index in [2.05, 4.69) is 28.1 Å². The molecule has 0 fully saturated rings. The van der Waals surface area contributed by atoms with Crippen LogP contribution in [-0.4, -0.2) is 58.2 Å². The van der Waals surface area contributed by atoms with E-state index in [4.69, 9.17) is 26.3 Å². The van der Waals surface area contributed by atoms with Crippen LogP contribution in [0, 0.1) is 6.92 Å². The van der Waals surface area contributed by atoms with Crippen molar-refractivity contribution in [2.75, 3.05) is 24.1 Å². The number of nitrogens with zero attached hydrogens (tertiary/aromatic N) is 5. The molecule has 1 unspecified atom stereocenters. The lowest BCUT2D eigenvalue weighted by Crippen LogP contribution is -2.43. The highest BCUT2D eigenvalue weighted by molar-refractivity contribution is 7.92. The average molecular weight is 579 g/mol. The zero-order valence-corrected chi connectivity index (χ0v) is 24.2. The summed E-state index contributed by atoms with van der Waals surface area (Å²) in [6, 6.07) is 2.65. The fraction of sp³-hybridized carbons (Fsp3) is 0.520. The summed E-state index contributed by atoms with van der Waals surface area (Å²) in [6.45, 7) is 7.45. The van der Waals surface area contributed by atoms with Crippen molar-refractivity contribution in [2.45, 2.75) is 65.0 Å². The molecular formula is C25H31ClN6O4S2. The number of rotatable bonds is 7. The van der Waals surface area contributed by atoms with Gasteiger partial charge in [0.15, 0.2) is 17.5 Å². The Morgan fingerprint density at radius 3 is 2.68 bits per heavy atom. The summed E-state index contributed by atoms with van der Waals surface area (Å²) in [5.74, 6) is 1.49. The fourth-order valence-corrected chi connectivity index (χ4v) is 6.91. The number of hydrogen-bond donors (Lipinski definition) is 1. The number of halogens is 1. The molecule has 0 aromatic carbocycles. The van der Waals surface area contributed by atoms with Gasteiger partial charge in [-0.3, -0.25) is 9.52 Å². The lowest BCUT2D eigenvalue weighted by atomic mass is 9.99. The number of carbonyl (C=O) groups excluding carboxylic acids is 1. The van der Waals surface area contributed by atoms with Crippen molar-refractivity contribution < 1.29 is 17.9 Å². The molecule has 2 aliphatic heterocycles. The molecule has 5 heterocycles. The number of sulfonamides is 1. The molecule has 38 heavy (non-hydrogen) atoms. The largest absolute Gasteiger partial charge is 0.481 e. The number of imidazole rings is 1. The van der Waals surface area contributed by atoms with E-state index < -0.39 is 10.0 Å². The smallest absolute Gasteiger partial charge is 0.261 e. The third-order valence-corrected chi connectivity index (χ3v) is 9.08. The summed E-state index contributed by atoms with van der Waals surface area (Å²) < 4.78 is 33.3. The SMILES string of the molecule is Cc1nc(C(C)C)sc1C1c2c(nc3n2CCCC3)CCN1C(=O)COc1ccc(NS(C)(=O)=O)nc1Cl. The third-order valence-electron chi connectivity index (χ3n) is 6.72. The second-order valence-corrected chi connectivity index (χ2v) is 13.2. The van der Waals surface area contributed by atoms with Gasteiger partial charge in [-0.25, -0.2) is 23.4 Å². The van der Waals surface area contributed by atoms with Crippen molar-refractivity contribution in [1.29, 1.82) is 0 Å². The van der Waals surface area contributed by atoms with Crippen molar-refractivity contribution in [3.05, 3.63) is 50.1 Å². The van der Waals surface area contributed by atoms with E-state index in [0.717, 1.165) is 64.9 Å². The molecule has 204 valence electrons. The number of carbonyl (C=O) groups is 1. The maximum absolute atomic E-state index is 13.7. The number of anilines is 1. The van der Waals surface area contributed by atoms with Gasteiger partial charge in [-0.05, 0) is 31.9 Å². The van der Waals surface area contributed by atoms with E-state index in [0.29, 0.717) is 13.0 Å². The van der Waals surface area contributed by atoms with Gasteiger partial charge in [-0.15, -0.1) is 11.3 Å². The van der Waals surface area contributed by atoms with E-state index in [9.17, 15) is 13.2 Å². The quantitative estimate of drug-likeness (QED) is 0.419. The second kappa shape index (κ2) is 10.5. The summed E-state index contributed by atoms with van der Waals surface area (Å²) >= 11 is 7.88. The zero-order chi connectivity index (χ0) is 27.2. The average Bonchev–Trinajstić information content (AvgIpc) is 3.42. The Balaban J connectivity index is 1.44. The molecule has 5 rings (SSSR count). The molecule has 2 aliphatic rings. The van der Waals surface area contributed by atoms with Gasteiger partial charge < -0.3 is 14.2 Å². The highest BCUT2D eigenvalue weighted by Crippen LogP contribution is 2.42. The Hall–Kier alpha value is -2.70. The molecule has 13 heteroatoms.